The topological polar surface area (TPSA) is 66.5 Å². The minimum atomic E-state index is -0.696. The number of aliphatic hydroxyl groups excluding tert-OH is 1. The van der Waals surface area contributed by atoms with Crippen LogP contribution in [0.15, 0.2) is 18.2 Å². The highest BCUT2D eigenvalue weighted by Gasteiger charge is 2.27. The van der Waals surface area contributed by atoms with E-state index in [9.17, 15) is 9.50 Å². The minimum Gasteiger partial charge on any atom is -0.505 e. The van der Waals surface area contributed by atoms with E-state index in [0.717, 1.165) is 25.7 Å². The molecule has 1 fully saturated rings. The van der Waals surface area contributed by atoms with Crippen molar-refractivity contribution < 1.29 is 14.6 Å². The fraction of sp³-hybridized carbons (Fsp3) is 0.571. The van der Waals surface area contributed by atoms with Crippen molar-refractivity contribution in [2.75, 3.05) is 0 Å². The van der Waals surface area contributed by atoms with Gasteiger partial charge < -0.3 is 15.9 Å². The molecule has 1 aromatic rings. The summed E-state index contributed by atoms with van der Waals surface area (Å²) in [6.45, 7) is 0. The number of phenolic OH excluding ortho intramolecular Hbond substituents is 1. The molecule has 1 aromatic carbocycles. The summed E-state index contributed by atoms with van der Waals surface area (Å²) in [4.78, 5) is 0. The van der Waals surface area contributed by atoms with Gasteiger partial charge in [0.1, 0.15) is 0 Å². The van der Waals surface area contributed by atoms with Crippen molar-refractivity contribution in [2.45, 2.75) is 44.2 Å². The summed E-state index contributed by atoms with van der Waals surface area (Å²) >= 11 is 0. The second-order valence-corrected chi connectivity index (χ2v) is 5.13. The number of phenols is 1. The number of hydrogen-bond acceptors (Lipinski definition) is 3. The lowest BCUT2D eigenvalue weighted by atomic mass is 9.81. The van der Waals surface area contributed by atoms with Gasteiger partial charge in [-0.15, -0.1) is 12.4 Å². The van der Waals surface area contributed by atoms with E-state index in [0.29, 0.717) is 5.56 Å². The highest BCUT2D eigenvalue weighted by molar-refractivity contribution is 5.85. The van der Waals surface area contributed by atoms with Gasteiger partial charge in [-0.05, 0) is 36.5 Å². The second kappa shape index (κ2) is 7.08. The van der Waals surface area contributed by atoms with Crippen LogP contribution < -0.4 is 5.73 Å². The number of hydrogen-bond donors (Lipinski definition) is 3. The summed E-state index contributed by atoms with van der Waals surface area (Å²) < 4.78 is 13.3. The highest BCUT2D eigenvalue weighted by Crippen LogP contribution is 2.32. The first kappa shape index (κ1) is 16.2. The van der Waals surface area contributed by atoms with Gasteiger partial charge in [0, 0.05) is 0 Å². The molecule has 1 aliphatic rings. The fourth-order valence-corrected chi connectivity index (χ4v) is 2.70. The Balaban J connectivity index is 0.00000180. The zero-order valence-electron chi connectivity index (χ0n) is 10.8. The van der Waals surface area contributed by atoms with Crippen molar-refractivity contribution in [3.63, 3.8) is 0 Å². The van der Waals surface area contributed by atoms with Gasteiger partial charge in [-0.25, -0.2) is 4.39 Å². The summed E-state index contributed by atoms with van der Waals surface area (Å²) in [6, 6.07) is 3.45. The van der Waals surface area contributed by atoms with E-state index in [2.05, 4.69) is 0 Å². The first-order valence-electron chi connectivity index (χ1n) is 6.51. The zero-order chi connectivity index (χ0) is 13.1. The van der Waals surface area contributed by atoms with Crippen LogP contribution in [0.4, 0.5) is 4.39 Å². The van der Waals surface area contributed by atoms with Crippen molar-refractivity contribution in [3.05, 3.63) is 29.6 Å². The molecule has 19 heavy (non-hydrogen) atoms. The maximum Gasteiger partial charge on any atom is 0.165 e. The zero-order valence-corrected chi connectivity index (χ0v) is 11.6. The Bertz CT molecular complexity index is 410. The SMILES string of the molecule is Cl.N[C@H](c1ccc(O)c(F)c1)[C@@H](O)C1CCCCC1. The predicted molar refractivity (Wildman–Crippen MR) is 74.8 cm³/mol. The third kappa shape index (κ3) is 3.81. The van der Waals surface area contributed by atoms with E-state index in [1.807, 2.05) is 0 Å². The molecule has 0 saturated heterocycles. The lowest BCUT2D eigenvalue weighted by Crippen LogP contribution is -2.34. The number of benzene rings is 1. The van der Waals surface area contributed by atoms with E-state index in [4.69, 9.17) is 10.8 Å². The van der Waals surface area contributed by atoms with Crippen LogP contribution in [0, 0.1) is 11.7 Å². The summed E-state index contributed by atoms with van der Waals surface area (Å²) in [6.07, 6.45) is 4.78. The molecule has 0 heterocycles. The average molecular weight is 290 g/mol. The standard InChI is InChI=1S/C14H20FNO2.ClH/c15-11-8-10(6-7-12(11)17)13(16)14(18)9-4-2-1-3-5-9;/h6-9,13-14,17-18H,1-5,16H2;1H/t13-,14+;/m1./s1. The van der Waals surface area contributed by atoms with Crippen molar-refractivity contribution in [1.29, 1.82) is 0 Å². The number of halogens is 2. The predicted octanol–water partition coefficient (Wildman–Crippen LogP) is 2.89. The smallest absolute Gasteiger partial charge is 0.165 e. The molecular formula is C14H21ClFNO2. The summed E-state index contributed by atoms with van der Waals surface area (Å²) in [5.74, 6) is -0.887. The average Bonchev–Trinajstić information content (AvgIpc) is 2.41. The van der Waals surface area contributed by atoms with E-state index >= 15 is 0 Å². The third-order valence-corrected chi connectivity index (χ3v) is 3.86. The number of aliphatic hydroxyl groups is 1. The van der Waals surface area contributed by atoms with Crippen LogP contribution in [0.5, 0.6) is 5.75 Å². The van der Waals surface area contributed by atoms with E-state index in [1.165, 1.54) is 18.6 Å². The van der Waals surface area contributed by atoms with Gasteiger partial charge in [0.05, 0.1) is 12.1 Å². The van der Waals surface area contributed by atoms with Gasteiger partial charge in [0.25, 0.3) is 0 Å². The van der Waals surface area contributed by atoms with Gasteiger partial charge in [-0.1, -0.05) is 25.3 Å². The molecular weight excluding hydrogens is 269 g/mol. The molecule has 0 spiro atoms. The molecule has 0 bridgehead atoms. The Kier molecular flexibility index (Phi) is 6.04. The Hall–Kier alpha value is -0.840. The molecule has 2 atom stereocenters. The normalized spacial score (nSPS) is 19.5. The van der Waals surface area contributed by atoms with Crippen molar-refractivity contribution in [1.82, 2.24) is 0 Å². The fourth-order valence-electron chi connectivity index (χ4n) is 2.70. The molecule has 0 radical (unpaired) electrons. The van der Waals surface area contributed by atoms with Crippen LogP contribution in [-0.4, -0.2) is 16.3 Å². The summed E-state index contributed by atoms with van der Waals surface area (Å²) in [5, 5.41) is 19.4. The Labute approximate surface area is 119 Å². The number of aromatic hydroxyl groups is 1. The lowest BCUT2D eigenvalue weighted by molar-refractivity contribution is 0.0617. The highest BCUT2D eigenvalue weighted by atomic mass is 35.5. The van der Waals surface area contributed by atoms with Gasteiger partial charge in [-0.3, -0.25) is 0 Å². The molecule has 1 aliphatic carbocycles. The van der Waals surface area contributed by atoms with Gasteiger partial charge in [-0.2, -0.15) is 0 Å². The largest absolute Gasteiger partial charge is 0.505 e. The molecule has 108 valence electrons. The molecule has 0 aliphatic heterocycles. The number of nitrogens with two attached hydrogens (primary N) is 1. The van der Waals surface area contributed by atoms with Crippen LogP contribution in [0.2, 0.25) is 0 Å². The first-order valence-corrected chi connectivity index (χ1v) is 6.51. The van der Waals surface area contributed by atoms with Crippen molar-refractivity contribution >= 4 is 12.4 Å². The summed E-state index contributed by atoms with van der Waals surface area (Å²) in [5.41, 5.74) is 6.52. The molecule has 1 saturated carbocycles. The van der Waals surface area contributed by atoms with Gasteiger partial charge in [0.15, 0.2) is 11.6 Å². The van der Waals surface area contributed by atoms with Crippen LogP contribution in [0.25, 0.3) is 0 Å². The first-order chi connectivity index (χ1) is 8.59. The molecule has 0 amide bonds. The molecule has 2 rings (SSSR count). The maximum absolute atomic E-state index is 13.3. The van der Waals surface area contributed by atoms with Gasteiger partial charge >= 0.3 is 0 Å². The van der Waals surface area contributed by atoms with Crippen molar-refractivity contribution in [3.8, 4) is 5.75 Å². The molecule has 4 N–H and O–H groups in total. The molecule has 5 heteroatoms. The lowest BCUT2D eigenvalue weighted by Gasteiger charge is -2.30. The van der Waals surface area contributed by atoms with E-state index in [-0.39, 0.29) is 18.3 Å². The molecule has 0 unspecified atom stereocenters. The minimum absolute atomic E-state index is 0. The maximum atomic E-state index is 13.3. The quantitative estimate of drug-likeness (QED) is 0.801. The van der Waals surface area contributed by atoms with Gasteiger partial charge in [0.2, 0.25) is 0 Å². The van der Waals surface area contributed by atoms with Crippen LogP contribution in [0.1, 0.15) is 43.7 Å². The monoisotopic (exact) mass is 289 g/mol. The van der Waals surface area contributed by atoms with E-state index in [1.54, 1.807) is 6.07 Å². The van der Waals surface area contributed by atoms with Crippen LogP contribution in [-0.2, 0) is 0 Å². The Morgan fingerprint density at radius 3 is 2.42 bits per heavy atom. The van der Waals surface area contributed by atoms with Crippen molar-refractivity contribution in [2.24, 2.45) is 11.7 Å². The summed E-state index contributed by atoms with van der Waals surface area (Å²) in [7, 11) is 0. The third-order valence-electron chi connectivity index (χ3n) is 3.86. The molecule has 3 nitrogen and oxygen atoms in total. The molecule has 0 aromatic heterocycles. The van der Waals surface area contributed by atoms with E-state index < -0.39 is 23.7 Å². The Morgan fingerprint density at radius 2 is 1.84 bits per heavy atom. The number of rotatable bonds is 3. The van der Waals surface area contributed by atoms with Crippen LogP contribution >= 0.6 is 12.4 Å². The van der Waals surface area contributed by atoms with Crippen LogP contribution in [0.3, 0.4) is 0 Å². The second-order valence-electron chi connectivity index (χ2n) is 5.13. The Morgan fingerprint density at radius 1 is 1.21 bits per heavy atom.